The summed E-state index contributed by atoms with van der Waals surface area (Å²) in [7, 11) is 0. The maximum absolute atomic E-state index is 13.1. The van der Waals surface area contributed by atoms with Crippen molar-refractivity contribution >= 4 is 16.8 Å². The van der Waals surface area contributed by atoms with Gasteiger partial charge in [-0.3, -0.25) is 14.6 Å². The van der Waals surface area contributed by atoms with Gasteiger partial charge >= 0.3 is 0 Å². The predicted octanol–water partition coefficient (Wildman–Crippen LogP) is 3.35. The van der Waals surface area contributed by atoms with Gasteiger partial charge in [-0.1, -0.05) is 18.2 Å². The first kappa shape index (κ1) is 21.0. The highest BCUT2D eigenvalue weighted by Crippen LogP contribution is 2.37. The van der Waals surface area contributed by atoms with Crippen molar-refractivity contribution in [3.63, 3.8) is 0 Å². The molecule has 3 aliphatic rings. The number of ether oxygens (including phenoxy) is 1. The van der Waals surface area contributed by atoms with Gasteiger partial charge in [0.1, 0.15) is 5.69 Å². The number of piperazine rings is 1. The molecule has 5 rings (SSSR count). The van der Waals surface area contributed by atoms with Crippen LogP contribution in [0.5, 0.6) is 0 Å². The van der Waals surface area contributed by atoms with E-state index in [9.17, 15) is 4.79 Å². The van der Waals surface area contributed by atoms with Crippen molar-refractivity contribution in [1.82, 2.24) is 19.7 Å². The topological polar surface area (TPSA) is 51.8 Å². The summed E-state index contributed by atoms with van der Waals surface area (Å²) in [6, 6.07) is 11.3. The minimum Gasteiger partial charge on any atom is -0.375 e. The van der Waals surface area contributed by atoms with Crippen molar-refractivity contribution in [3.05, 3.63) is 36.0 Å². The number of aromatic amines is 1. The minimum absolute atomic E-state index is 0.0463. The first-order valence-electron chi connectivity index (χ1n) is 12.0. The zero-order valence-electron chi connectivity index (χ0n) is 19.0. The Balaban J connectivity index is 1.19. The highest BCUT2D eigenvalue weighted by molar-refractivity contribution is 5.98. The van der Waals surface area contributed by atoms with Gasteiger partial charge in [0, 0.05) is 68.9 Å². The zero-order valence-corrected chi connectivity index (χ0v) is 19.0. The van der Waals surface area contributed by atoms with E-state index in [4.69, 9.17) is 4.74 Å². The number of aromatic nitrogens is 1. The fraction of sp³-hybridized carbons (Fsp3) is 0.640. The number of H-pyrrole nitrogens is 1. The van der Waals surface area contributed by atoms with Crippen LogP contribution in [0.1, 0.15) is 50.0 Å². The van der Waals surface area contributed by atoms with E-state index in [1.54, 1.807) is 0 Å². The molecule has 3 aliphatic heterocycles. The molecule has 0 radical (unpaired) electrons. The Morgan fingerprint density at radius 3 is 2.55 bits per heavy atom. The molecule has 0 unspecified atom stereocenters. The van der Waals surface area contributed by atoms with Gasteiger partial charge in [0.05, 0.1) is 5.60 Å². The Hall–Kier alpha value is -1.89. The number of amides is 1. The molecule has 1 N–H and O–H groups in total. The molecular weight excluding hydrogens is 388 g/mol. The average Bonchev–Trinajstić information content (AvgIpc) is 3.24. The summed E-state index contributed by atoms with van der Waals surface area (Å²) in [6.07, 6.45) is 4.15. The SMILES string of the molecule is CC(C)N1CCN([C@H]2CCOC3(CCN(C(=O)c4cc5ccccc5[nH]4)CC3)C2)CC1. The van der Waals surface area contributed by atoms with Crippen LogP contribution in [0.25, 0.3) is 10.9 Å². The minimum atomic E-state index is -0.0463. The Labute approximate surface area is 185 Å². The van der Waals surface area contributed by atoms with Gasteiger partial charge in [0.15, 0.2) is 0 Å². The van der Waals surface area contributed by atoms with Crippen LogP contribution in [-0.4, -0.2) is 89.2 Å². The van der Waals surface area contributed by atoms with Gasteiger partial charge < -0.3 is 14.6 Å². The number of piperidine rings is 1. The highest BCUT2D eigenvalue weighted by Gasteiger charge is 2.43. The number of likely N-dealkylation sites (tertiary alicyclic amines) is 1. The van der Waals surface area contributed by atoms with Crippen LogP contribution in [0.4, 0.5) is 0 Å². The molecule has 1 aromatic heterocycles. The van der Waals surface area contributed by atoms with Gasteiger partial charge in [-0.25, -0.2) is 0 Å². The van der Waals surface area contributed by atoms with Crippen LogP contribution in [-0.2, 0) is 4.74 Å². The van der Waals surface area contributed by atoms with Gasteiger partial charge in [0.2, 0.25) is 0 Å². The van der Waals surface area contributed by atoms with Crippen LogP contribution in [0.2, 0.25) is 0 Å². The number of fused-ring (bicyclic) bond motifs is 1. The fourth-order valence-corrected chi connectivity index (χ4v) is 5.76. The molecule has 0 saturated carbocycles. The molecule has 3 fully saturated rings. The molecule has 0 bridgehead atoms. The van der Waals surface area contributed by atoms with E-state index >= 15 is 0 Å². The van der Waals surface area contributed by atoms with Crippen LogP contribution < -0.4 is 0 Å². The summed E-state index contributed by atoms with van der Waals surface area (Å²) in [5.41, 5.74) is 1.67. The molecule has 31 heavy (non-hydrogen) atoms. The second-order valence-electron chi connectivity index (χ2n) is 9.91. The number of hydrogen-bond acceptors (Lipinski definition) is 4. The predicted molar refractivity (Wildman–Crippen MR) is 123 cm³/mol. The van der Waals surface area contributed by atoms with Gasteiger partial charge in [-0.2, -0.15) is 0 Å². The first-order chi connectivity index (χ1) is 15.0. The molecule has 1 atom stereocenters. The lowest BCUT2D eigenvalue weighted by atomic mass is 9.81. The number of para-hydroxylation sites is 1. The van der Waals surface area contributed by atoms with Crippen molar-refractivity contribution in [2.75, 3.05) is 45.9 Å². The zero-order chi connectivity index (χ0) is 21.4. The maximum atomic E-state index is 13.1. The molecule has 6 heteroatoms. The third-order valence-electron chi connectivity index (χ3n) is 7.78. The van der Waals surface area contributed by atoms with E-state index in [1.807, 2.05) is 35.2 Å². The maximum Gasteiger partial charge on any atom is 0.270 e. The molecule has 4 heterocycles. The summed E-state index contributed by atoms with van der Waals surface area (Å²) in [6.45, 7) is 11.7. The van der Waals surface area contributed by atoms with Gasteiger partial charge in [0.25, 0.3) is 5.91 Å². The number of nitrogens with one attached hydrogen (secondary N) is 1. The third-order valence-corrected chi connectivity index (χ3v) is 7.78. The van der Waals surface area contributed by atoms with Crippen molar-refractivity contribution in [1.29, 1.82) is 0 Å². The molecule has 168 valence electrons. The lowest BCUT2D eigenvalue weighted by Crippen LogP contribution is -2.58. The normalized spacial score (nSPS) is 25.5. The fourth-order valence-electron chi connectivity index (χ4n) is 5.76. The van der Waals surface area contributed by atoms with E-state index in [-0.39, 0.29) is 11.5 Å². The molecule has 0 aliphatic carbocycles. The standard InChI is InChI=1S/C25H36N4O2/c1-19(2)27-12-14-28(15-13-27)21-7-16-31-25(18-21)8-10-29(11-9-25)24(30)23-17-20-5-3-4-6-22(20)26-23/h3-6,17,19,21,26H,7-16,18H2,1-2H3/t21-/m0/s1. The second-order valence-corrected chi connectivity index (χ2v) is 9.91. The van der Waals surface area contributed by atoms with E-state index in [1.165, 1.54) is 26.2 Å². The van der Waals surface area contributed by atoms with E-state index in [0.29, 0.717) is 17.8 Å². The summed E-state index contributed by atoms with van der Waals surface area (Å²) < 4.78 is 6.39. The second kappa shape index (κ2) is 8.57. The molecule has 6 nitrogen and oxygen atoms in total. The number of benzene rings is 1. The molecular formula is C25H36N4O2. The van der Waals surface area contributed by atoms with Crippen LogP contribution in [0.15, 0.2) is 30.3 Å². The monoisotopic (exact) mass is 424 g/mol. The van der Waals surface area contributed by atoms with Crippen LogP contribution in [0, 0.1) is 0 Å². The van der Waals surface area contributed by atoms with Crippen molar-refractivity contribution < 1.29 is 9.53 Å². The summed E-state index contributed by atoms with van der Waals surface area (Å²) >= 11 is 0. The Morgan fingerprint density at radius 1 is 1.10 bits per heavy atom. The number of hydrogen-bond donors (Lipinski definition) is 1. The van der Waals surface area contributed by atoms with Crippen molar-refractivity contribution in [2.45, 2.75) is 57.2 Å². The third kappa shape index (κ3) is 4.26. The number of carbonyl (C=O) groups is 1. The Morgan fingerprint density at radius 2 is 1.84 bits per heavy atom. The highest BCUT2D eigenvalue weighted by atomic mass is 16.5. The molecule has 1 spiro atoms. The molecule has 1 aromatic carbocycles. The number of carbonyl (C=O) groups excluding carboxylic acids is 1. The van der Waals surface area contributed by atoms with E-state index in [2.05, 4.69) is 28.6 Å². The lowest BCUT2D eigenvalue weighted by molar-refractivity contribution is -0.132. The smallest absolute Gasteiger partial charge is 0.270 e. The largest absolute Gasteiger partial charge is 0.375 e. The summed E-state index contributed by atoms with van der Waals surface area (Å²) in [5.74, 6) is 0.114. The van der Waals surface area contributed by atoms with Crippen molar-refractivity contribution in [3.8, 4) is 0 Å². The summed E-state index contributed by atoms with van der Waals surface area (Å²) in [4.78, 5) is 23.7. The summed E-state index contributed by atoms with van der Waals surface area (Å²) in [5, 5.41) is 1.09. The number of rotatable bonds is 3. The first-order valence-corrected chi connectivity index (χ1v) is 12.0. The van der Waals surface area contributed by atoms with Crippen molar-refractivity contribution in [2.24, 2.45) is 0 Å². The Kier molecular flexibility index (Phi) is 5.80. The number of nitrogens with zero attached hydrogens (tertiary/aromatic N) is 3. The van der Waals surface area contributed by atoms with Crippen LogP contribution >= 0.6 is 0 Å². The molecule has 1 amide bonds. The Bertz CT molecular complexity index is 874. The average molecular weight is 425 g/mol. The van der Waals surface area contributed by atoms with E-state index < -0.39 is 0 Å². The lowest BCUT2D eigenvalue weighted by Gasteiger charge is -2.50. The molecule has 2 aromatic rings. The molecule has 3 saturated heterocycles. The van der Waals surface area contributed by atoms with Gasteiger partial charge in [-0.05, 0) is 51.7 Å². The quantitative estimate of drug-likeness (QED) is 0.821. The van der Waals surface area contributed by atoms with Crippen LogP contribution in [0.3, 0.4) is 0 Å². The van der Waals surface area contributed by atoms with Gasteiger partial charge in [-0.15, -0.1) is 0 Å². The van der Waals surface area contributed by atoms with E-state index in [0.717, 1.165) is 56.3 Å².